The number of carbonyl (C=O) groups is 1. The monoisotopic (exact) mass is 340 g/mol. The molecule has 0 N–H and O–H groups in total. The van der Waals surface area contributed by atoms with E-state index in [9.17, 15) is 9.18 Å². The van der Waals surface area contributed by atoms with Gasteiger partial charge in [0.05, 0.1) is 5.92 Å². The van der Waals surface area contributed by atoms with Crippen LogP contribution in [0, 0.1) is 11.7 Å². The van der Waals surface area contributed by atoms with E-state index in [2.05, 4.69) is 12.1 Å². The number of Topliss-reactive ketones (excluding diaryl/α,β-unsaturated/α-hetero) is 1. The Balaban J connectivity index is 1.70. The highest BCUT2D eigenvalue weighted by atomic mass is 19.1. The largest absolute Gasteiger partial charge is 0.293 e. The zero-order chi connectivity index (χ0) is 17.7. The molecule has 0 fully saturated rings. The Morgan fingerprint density at radius 3 is 2.31 bits per heavy atom. The van der Waals surface area contributed by atoms with E-state index in [1.165, 1.54) is 11.6 Å². The van der Waals surface area contributed by atoms with E-state index in [4.69, 9.17) is 0 Å². The van der Waals surface area contributed by atoms with Crippen molar-refractivity contribution in [3.63, 3.8) is 0 Å². The van der Waals surface area contributed by atoms with Crippen molar-refractivity contribution >= 4 is 16.9 Å². The average Bonchev–Trinajstić information content (AvgIpc) is 3.20. The maximum Gasteiger partial charge on any atom is 0.170 e. The number of rotatable bonds is 2. The number of carbonyl (C=O) groups excluding carboxylic acids is 1. The molecule has 2 aliphatic rings. The van der Waals surface area contributed by atoms with Crippen molar-refractivity contribution in [1.29, 1.82) is 0 Å². The van der Waals surface area contributed by atoms with Crippen LogP contribution in [-0.4, -0.2) is 5.78 Å². The lowest BCUT2D eigenvalue weighted by atomic mass is 9.87. The van der Waals surface area contributed by atoms with Crippen LogP contribution < -0.4 is 0 Å². The van der Waals surface area contributed by atoms with Crippen molar-refractivity contribution in [3.8, 4) is 0 Å². The number of allylic oxidation sites excluding steroid dienone is 2. The molecule has 0 aliphatic heterocycles. The Morgan fingerprint density at radius 1 is 0.808 bits per heavy atom. The van der Waals surface area contributed by atoms with Crippen LogP contribution in [0.2, 0.25) is 0 Å². The molecule has 5 rings (SSSR count). The lowest BCUT2D eigenvalue weighted by molar-refractivity contribution is 0.0964. The Kier molecular flexibility index (Phi) is 3.39. The number of hydrogen-bond acceptors (Lipinski definition) is 1. The predicted molar refractivity (Wildman–Crippen MR) is 101 cm³/mol. The molecule has 3 aromatic rings. The van der Waals surface area contributed by atoms with Gasteiger partial charge in [-0.1, -0.05) is 60.7 Å². The van der Waals surface area contributed by atoms with Crippen molar-refractivity contribution in [2.45, 2.75) is 12.8 Å². The van der Waals surface area contributed by atoms with Crippen LogP contribution in [0.4, 0.5) is 4.39 Å². The smallest absolute Gasteiger partial charge is 0.170 e. The van der Waals surface area contributed by atoms with Gasteiger partial charge < -0.3 is 0 Å². The van der Waals surface area contributed by atoms with Gasteiger partial charge >= 0.3 is 0 Å². The first-order valence-corrected chi connectivity index (χ1v) is 8.92. The molecule has 2 heteroatoms. The Hall–Kier alpha value is -3.00. The van der Waals surface area contributed by atoms with Gasteiger partial charge in [-0.3, -0.25) is 4.79 Å². The SMILES string of the molecule is O=C1c2ccccc2CC1C1=C(c2cccc(F)c2)Cc2ccccc21. The third kappa shape index (κ3) is 2.26. The second-order valence-corrected chi connectivity index (χ2v) is 7.01. The molecule has 126 valence electrons. The lowest BCUT2D eigenvalue weighted by Crippen LogP contribution is -2.11. The van der Waals surface area contributed by atoms with Crippen LogP contribution in [0.3, 0.4) is 0 Å². The fourth-order valence-corrected chi connectivity index (χ4v) is 4.39. The number of benzene rings is 3. The van der Waals surface area contributed by atoms with Gasteiger partial charge in [0.15, 0.2) is 5.78 Å². The van der Waals surface area contributed by atoms with Crippen molar-refractivity contribution in [2.24, 2.45) is 5.92 Å². The van der Waals surface area contributed by atoms with Crippen LogP contribution in [-0.2, 0) is 12.8 Å². The molecule has 0 heterocycles. The van der Waals surface area contributed by atoms with Crippen LogP contribution in [0.25, 0.3) is 11.1 Å². The van der Waals surface area contributed by atoms with E-state index >= 15 is 0 Å². The summed E-state index contributed by atoms with van der Waals surface area (Å²) >= 11 is 0. The van der Waals surface area contributed by atoms with E-state index in [-0.39, 0.29) is 17.5 Å². The molecule has 1 nitrogen and oxygen atoms in total. The molecule has 2 aliphatic carbocycles. The number of hydrogen-bond donors (Lipinski definition) is 0. The fourth-order valence-electron chi connectivity index (χ4n) is 4.39. The number of halogens is 1. The van der Waals surface area contributed by atoms with E-state index in [1.807, 2.05) is 42.5 Å². The molecule has 0 spiro atoms. The summed E-state index contributed by atoms with van der Waals surface area (Å²) in [6.07, 6.45) is 1.46. The highest BCUT2D eigenvalue weighted by Gasteiger charge is 2.37. The molecule has 0 saturated carbocycles. The summed E-state index contributed by atoms with van der Waals surface area (Å²) in [4.78, 5) is 13.1. The molecule has 26 heavy (non-hydrogen) atoms. The summed E-state index contributed by atoms with van der Waals surface area (Å²) in [7, 11) is 0. The molecule has 0 amide bonds. The summed E-state index contributed by atoms with van der Waals surface area (Å²) in [6.45, 7) is 0. The van der Waals surface area contributed by atoms with Crippen molar-refractivity contribution in [1.82, 2.24) is 0 Å². The van der Waals surface area contributed by atoms with Crippen LogP contribution >= 0.6 is 0 Å². The summed E-state index contributed by atoms with van der Waals surface area (Å²) < 4.78 is 13.9. The minimum atomic E-state index is -0.244. The molecule has 0 saturated heterocycles. The van der Waals surface area contributed by atoms with Gasteiger partial charge in [-0.15, -0.1) is 0 Å². The fraction of sp³-hybridized carbons (Fsp3) is 0.125. The maximum absolute atomic E-state index is 13.9. The average molecular weight is 340 g/mol. The minimum Gasteiger partial charge on any atom is -0.293 e. The van der Waals surface area contributed by atoms with Crippen molar-refractivity contribution < 1.29 is 9.18 Å². The number of fused-ring (bicyclic) bond motifs is 2. The Labute approximate surface area is 151 Å². The molecule has 0 radical (unpaired) electrons. The molecule has 0 bridgehead atoms. The van der Waals surface area contributed by atoms with Gasteiger partial charge in [-0.05, 0) is 58.4 Å². The van der Waals surface area contributed by atoms with E-state index in [0.29, 0.717) is 0 Å². The highest BCUT2D eigenvalue weighted by Crippen LogP contribution is 2.46. The zero-order valence-electron chi connectivity index (χ0n) is 14.2. The van der Waals surface area contributed by atoms with E-state index < -0.39 is 0 Å². The molecule has 0 aromatic heterocycles. The molecule has 1 unspecified atom stereocenters. The topological polar surface area (TPSA) is 17.1 Å². The van der Waals surface area contributed by atoms with Crippen molar-refractivity contribution in [3.05, 3.63) is 106 Å². The maximum atomic E-state index is 13.9. The summed E-state index contributed by atoms with van der Waals surface area (Å²) in [5.41, 5.74) is 7.32. The van der Waals surface area contributed by atoms with Gasteiger partial charge in [-0.2, -0.15) is 0 Å². The molecule has 3 aromatic carbocycles. The third-order valence-electron chi connectivity index (χ3n) is 5.54. The third-order valence-corrected chi connectivity index (χ3v) is 5.54. The van der Waals surface area contributed by atoms with Gasteiger partial charge in [-0.25, -0.2) is 4.39 Å². The van der Waals surface area contributed by atoms with E-state index in [0.717, 1.165) is 46.2 Å². The summed E-state index contributed by atoms with van der Waals surface area (Å²) in [5, 5.41) is 0. The first kappa shape index (κ1) is 15.3. The molecule has 1 atom stereocenters. The first-order valence-electron chi connectivity index (χ1n) is 8.92. The minimum absolute atomic E-state index is 0.182. The Morgan fingerprint density at radius 2 is 1.54 bits per heavy atom. The molecular formula is C24H17FO. The zero-order valence-corrected chi connectivity index (χ0v) is 14.2. The quantitative estimate of drug-likeness (QED) is 0.615. The van der Waals surface area contributed by atoms with Crippen molar-refractivity contribution in [2.75, 3.05) is 0 Å². The highest BCUT2D eigenvalue weighted by molar-refractivity contribution is 6.13. The van der Waals surface area contributed by atoms with Gasteiger partial charge in [0, 0.05) is 5.56 Å². The van der Waals surface area contributed by atoms with Crippen LogP contribution in [0.1, 0.15) is 32.6 Å². The summed E-state index contributed by atoms with van der Waals surface area (Å²) in [5.74, 6) is -0.248. The van der Waals surface area contributed by atoms with Gasteiger partial charge in [0.1, 0.15) is 5.82 Å². The standard InChI is InChI=1S/C24H17FO/c25-18-9-5-8-15(12-18)21-13-16-6-1-3-10-19(16)23(21)22-14-17-7-2-4-11-20(17)24(22)26/h1-12,22H,13-14H2. The normalized spacial score (nSPS) is 18.2. The van der Waals surface area contributed by atoms with E-state index in [1.54, 1.807) is 12.1 Å². The molecular weight excluding hydrogens is 323 g/mol. The second kappa shape index (κ2) is 5.77. The number of ketones is 1. The van der Waals surface area contributed by atoms with Crippen LogP contribution in [0.15, 0.2) is 72.8 Å². The van der Waals surface area contributed by atoms with Crippen LogP contribution in [0.5, 0.6) is 0 Å². The Bertz CT molecular complexity index is 1080. The van der Waals surface area contributed by atoms with Gasteiger partial charge in [0.25, 0.3) is 0 Å². The first-order chi connectivity index (χ1) is 12.7. The summed E-state index contributed by atoms with van der Waals surface area (Å²) in [6, 6.07) is 22.8. The second-order valence-electron chi connectivity index (χ2n) is 7.01. The predicted octanol–water partition coefficient (Wildman–Crippen LogP) is 5.35. The lowest BCUT2D eigenvalue weighted by Gasteiger charge is -2.15. The van der Waals surface area contributed by atoms with Gasteiger partial charge in [0.2, 0.25) is 0 Å².